The van der Waals surface area contributed by atoms with Gasteiger partial charge < -0.3 is 0 Å². The number of allylic oxidation sites excluding steroid dienone is 4. The van der Waals surface area contributed by atoms with Crippen molar-refractivity contribution in [3.63, 3.8) is 0 Å². The monoisotopic (exact) mass is 380 g/mol. The lowest BCUT2D eigenvalue weighted by molar-refractivity contribution is 0.481. The number of hydrogen-bond donors (Lipinski definition) is 0. The number of hydrogen-bond acceptors (Lipinski definition) is 0. The van der Waals surface area contributed by atoms with Gasteiger partial charge in [-0.3, -0.25) is 0 Å². The highest BCUT2D eigenvalue weighted by atomic mass is 127. The van der Waals surface area contributed by atoms with Crippen molar-refractivity contribution in [2.45, 2.75) is 51.9 Å². The summed E-state index contributed by atoms with van der Waals surface area (Å²) in [5.74, 6) is 1.27. The van der Waals surface area contributed by atoms with Crippen molar-refractivity contribution >= 4 is 22.6 Å². The largest absolute Gasteiger partial charge is 0.0850 e. The quantitative estimate of drug-likeness (QED) is 0.397. The summed E-state index contributed by atoms with van der Waals surface area (Å²) in [5.41, 5.74) is 3.17. The van der Waals surface area contributed by atoms with Gasteiger partial charge in [-0.25, -0.2) is 0 Å². The molecule has 20 heavy (non-hydrogen) atoms. The van der Waals surface area contributed by atoms with Crippen molar-refractivity contribution in [1.82, 2.24) is 0 Å². The molecule has 108 valence electrons. The first-order valence-corrected chi connectivity index (χ1v) is 8.84. The van der Waals surface area contributed by atoms with Gasteiger partial charge >= 0.3 is 0 Å². The molecule has 2 rings (SSSR count). The predicted molar refractivity (Wildman–Crippen MR) is 97.3 cm³/mol. The van der Waals surface area contributed by atoms with Crippen LogP contribution in [0.15, 0.2) is 51.6 Å². The van der Waals surface area contributed by atoms with Crippen molar-refractivity contribution in [2.24, 2.45) is 5.92 Å². The zero-order valence-electron chi connectivity index (χ0n) is 12.6. The van der Waals surface area contributed by atoms with Gasteiger partial charge in [0.25, 0.3) is 0 Å². The molecule has 0 fully saturated rings. The molecule has 1 aromatic carbocycles. The van der Waals surface area contributed by atoms with E-state index >= 15 is 0 Å². The topological polar surface area (TPSA) is 0 Å². The van der Waals surface area contributed by atoms with Crippen LogP contribution in [0.1, 0.15) is 57.4 Å². The Kier molecular flexibility index (Phi) is 6.34. The van der Waals surface area contributed by atoms with E-state index in [9.17, 15) is 0 Å². The summed E-state index contributed by atoms with van der Waals surface area (Å²) in [4.78, 5) is 0. The van der Waals surface area contributed by atoms with Crippen LogP contribution in [0, 0.1) is 5.92 Å². The Hall–Kier alpha value is -0.570. The normalized spacial score (nSPS) is 19.4. The second-order valence-electron chi connectivity index (χ2n) is 5.77. The molecule has 1 aliphatic carbocycles. The zero-order valence-corrected chi connectivity index (χ0v) is 14.8. The van der Waals surface area contributed by atoms with Gasteiger partial charge in [-0.05, 0) is 82.6 Å². The molecule has 2 atom stereocenters. The van der Waals surface area contributed by atoms with Gasteiger partial charge in [0.15, 0.2) is 0 Å². The first kappa shape index (κ1) is 15.8. The van der Waals surface area contributed by atoms with Crippen LogP contribution >= 0.6 is 22.6 Å². The second kappa shape index (κ2) is 8.02. The van der Waals surface area contributed by atoms with Gasteiger partial charge in [0, 0.05) is 0 Å². The highest BCUT2D eigenvalue weighted by molar-refractivity contribution is 14.1. The predicted octanol–water partition coefficient (Wildman–Crippen LogP) is 6.64. The fourth-order valence-electron chi connectivity index (χ4n) is 3.15. The van der Waals surface area contributed by atoms with Crippen LogP contribution in [0.25, 0.3) is 0 Å². The van der Waals surface area contributed by atoms with E-state index in [0.717, 1.165) is 0 Å². The molecule has 0 N–H and O–H groups in total. The Morgan fingerprint density at radius 1 is 1.25 bits per heavy atom. The molecule has 2 unspecified atom stereocenters. The van der Waals surface area contributed by atoms with Gasteiger partial charge in [0.05, 0.1) is 0 Å². The smallest absolute Gasteiger partial charge is 0.00922 e. The average molecular weight is 380 g/mol. The zero-order chi connectivity index (χ0) is 14.4. The van der Waals surface area contributed by atoms with Gasteiger partial charge in [0.1, 0.15) is 0 Å². The minimum atomic E-state index is 0.602. The molecule has 0 spiro atoms. The van der Waals surface area contributed by atoms with E-state index in [-0.39, 0.29) is 0 Å². The average Bonchev–Trinajstić information content (AvgIpc) is 2.53. The third-order valence-corrected chi connectivity index (χ3v) is 5.52. The second-order valence-corrected chi connectivity index (χ2v) is 7.16. The third-order valence-electron chi connectivity index (χ3n) is 4.46. The van der Waals surface area contributed by atoms with Crippen LogP contribution in [-0.2, 0) is 0 Å². The maximum absolute atomic E-state index is 2.52. The highest BCUT2D eigenvalue weighted by Gasteiger charge is 2.24. The molecule has 0 aliphatic heterocycles. The van der Waals surface area contributed by atoms with E-state index in [1.54, 1.807) is 5.57 Å². The van der Waals surface area contributed by atoms with Crippen LogP contribution < -0.4 is 0 Å². The molecule has 0 nitrogen and oxygen atoms in total. The summed E-state index contributed by atoms with van der Waals surface area (Å²) in [6, 6.07) is 11.0. The van der Waals surface area contributed by atoms with E-state index in [4.69, 9.17) is 0 Å². The molecule has 1 aliphatic rings. The number of rotatable bonds is 5. The SMILES string of the molecule is C/C=C(/I)CC(C1=CCCCC1)C(C)c1ccccc1. The number of halogens is 1. The van der Waals surface area contributed by atoms with Gasteiger partial charge in [-0.15, -0.1) is 0 Å². The molecule has 1 heteroatoms. The van der Waals surface area contributed by atoms with Crippen LogP contribution in [-0.4, -0.2) is 0 Å². The van der Waals surface area contributed by atoms with Crippen molar-refractivity contribution in [1.29, 1.82) is 0 Å². The number of benzene rings is 1. The van der Waals surface area contributed by atoms with Crippen LogP contribution in [0.4, 0.5) is 0 Å². The molecule has 0 saturated heterocycles. The van der Waals surface area contributed by atoms with Gasteiger partial charge in [0.2, 0.25) is 0 Å². The lowest BCUT2D eigenvalue weighted by atomic mass is 9.77. The first-order valence-electron chi connectivity index (χ1n) is 7.77. The minimum absolute atomic E-state index is 0.602. The Morgan fingerprint density at radius 2 is 2.00 bits per heavy atom. The van der Waals surface area contributed by atoms with E-state index in [1.807, 2.05) is 0 Å². The summed E-state index contributed by atoms with van der Waals surface area (Å²) >= 11 is 2.50. The van der Waals surface area contributed by atoms with Crippen molar-refractivity contribution in [3.8, 4) is 0 Å². The molecule has 0 heterocycles. The summed E-state index contributed by atoms with van der Waals surface area (Å²) in [5, 5.41) is 0. The molecule has 0 amide bonds. The van der Waals surface area contributed by atoms with E-state index in [1.165, 1.54) is 41.2 Å². The van der Waals surface area contributed by atoms with Gasteiger partial charge in [-0.2, -0.15) is 0 Å². The third kappa shape index (κ3) is 4.21. The maximum atomic E-state index is 2.52. The van der Waals surface area contributed by atoms with Crippen LogP contribution in [0.2, 0.25) is 0 Å². The molecule has 0 aromatic heterocycles. The van der Waals surface area contributed by atoms with E-state index in [0.29, 0.717) is 11.8 Å². The summed E-state index contributed by atoms with van der Waals surface area (Å²) in [6.07, 6.45) is 11.3. The fraction of sp³-hybridized carbons (Fsp3) is 0.474. The molecule has 0 bridgehead atoms. The van der Waals surface area contributed by atoms with Crippen LogP contribution in [0.5, 0.6) is 0 Å². The highest BCUT2D eigenvalue weighted by Crippen LogP contribution is 2.39. The summed E-state index contributed by atoms with van der Waals surface area (Å²) in [7, 11) is 0. The standard InChI is InChI=1S/C19H25I/c1-3-18(20)14-19(17-12-8-5-9-13-17)15(2)16-10-6-4-7-11-16/h3-4,6-7,10-12,15,19H,5,8-9,13-14H2,1-2H3/b18-3+. The summed E-state index contributed by atoms with van der Waals surface area (Å²) in [6.45, 7) is 4.55. The summed E-state index contributed by atoms with van der Waals surface area (Å²) < 4.78 is 1.49. The molecular formula is C19H25I. The molecular weight excluding hydrogens is 355 g/mol. The van der Waals surface area contributed by atoms with Crippen LogP contribution in [0.3, 0.4) is 0 Å². The Balaban J connectivity index is 2.23. The lowest BCUT2D eigenvalue weighted by Crippen LogP contribution is -2.15. The lowest BCUT2D eigenvalue weighted by Gasteiger charge is -2.29. The van der Waals surface area contributed by atoms with E-state index in [2.05, 4.69) is 78.9 Å². The molecule has 0 radical (unpaired) electrons. The molecule has 1 aromatic rings. The van der Waals surface area contributed by atoms with Crippen molar-refractivity contribution < 1.29 is 0 Å². The Labute approximate surface area is 137 Å². The van der Waals surface area contributed by atoms with Gasteiger partial charge in [-0.1, -0.05) is 55.0 Å². The Morgan fingerprint density at radius 3 is 2.60 bits per heavy atom. The fourth-order valence-corrected chi connectivity index (χ4v) is 3.62. The molecule has 0 saturated carbocycles. The van der Waals surface area contributed by atoms with Crippen molar-refractivity contribution in [3.05, 3.63) is 57.2 Å². The minimum Gasteiger partial charge on any atom is -0.0850 e. The Bertz CT molecular complexity index is 470. The van der Waals surface area contributed by atoms with E-state index < -0.39 is 0 Å². The maximum Gasteiger partial charge on any atom is -0.00922 e. The first-order chi connectivity index (χ1) is 9.72. The van der Waals surface area contributed by atoms with Crippen molar-refractivity contribution in [2.75, 3.05) is 0 Å².